The van der Waals surface area contributed by atoms with E-state index in [1.54, 1.807) is 0 Å². The highest BCUT2D eigenvalue weighted by atomic mass is 16.3. The summed E-state index contributed by atoms with van der Waals surface area (Å²) in [6.07, 6.45) is 0. The average molecular weight is 871 g/mol. The van der Waals surface area contributed by atoms with E-state index in [1.165, 1.54) is 21.5 Å². The molecule has 0 N–H and O–H groups in total. The zero-order valence-corrected chi connectivity index (χ0v) is 36.1. The van der Waals surface area contributed by atoms with Crippen LogP contribution in [0.15, 0.2) is 220 Å². The number of benzene rings is 10. The van der Waals surface area contributed by atoms with Crippen LogP contribution in [0.2, 0.25) is 0 Å². The summed E-state index contributed by atoms with van der Waals surface area (Å²) < 4.78 is 21.7. The maximum atomic E-state index is 6.52. The van der Waals surface area contributed by atoms with Crippen molar-refractivity contribution in [1.82, 2.24) is 19.5 Å². The van der Waals surface area contributed by atoms with Crippen LogP contribution in [-0.2, 0) is 0 Å². The van der Waals surface area contributed by atoms with Crippen molar-refractivity contribution >= 4 is 98.4 Å². The van der Waals surface area contributed by atoms with Crippen molar-refractivity contribution in [2.24, 2.45) is 0 Å². The second kappa shape index (κ2) is 14.1. The number of nitrogens with zero attached hydrogens (tertiary/aromatic N) is 4. The Morgan fingerprint density at radius 2 is 0.691 bits per heavy atom. The standard InChI is InChI=1S/C61H34N4O3/c1-2-12-36-31-52-49(29-35(36)11-1)41-13-3-7-17-50(41)65(52)51-28-24-38(30-48(51)37-21-25-45-42-14-4-8-18-53(42)66-56(45)32-37)59-62-60(39-22-26-46-43-15-5-9-19-54(43)67-57(46)33-39)64-61(63-59)40-23-27-47-44-16-6-10-20-55(44)68-58(47)34-40/h1-34H. The molecule has 0 amide bonds. The fourth-order valence-electron chi connectivity index (χ4n) is 10.4. The highest BCUT2D eigenvalue weighted by Gasteiger charge is 2.21. The van der Waals surface area contributed by atoms with Crippen LogP contribution in [0.3, 0.4) is 0 Å². The SMILES string of the molecule is c1ccc2cc3c(cc2c1)c1ccccc1n3-c1ccc(-c2nc(-c3ccc4c(c3)oc3ccccc34)nc(-c3ccc4c(c3)oc3ccccc34)n2)cc1-c1ccc2c(c1)oc1ccccc12. The Balaban J connectivity index is 0.981. The number of fused-ring (bicyclic) bond motifs is 13. The molecule has 0 bridgehead atoms. The summed E-state index contributed by atoms with van der Waals surface area (Å²) in [7, 11) is 0. The number of aromatic nitrogens is 4. The van der Waals surface area contributed by atoms with Crippen LogP contribution in [0, 0.1) is 0 Å². The van der Waals surface area contributed by atoms with E-state index in [1.807, 2.05) is 60.7 Å². The molecule has 0 aliphatic carbocycles. The topological polar surface area (TPSA) is 83.0 Å². The fourth-order valence-corrected chi connectivity index (χ4v) is 10.4. The van der Waals surface area contributed by atoms with Crippen molar-refractivity contribution in [2.75, 3.05) is 0 Å². The summed E-state index contributed by atoms with van der Waals surface area (Å²) in [5.74, 6) is 1.59. The maximum absolute atomic E-state index is 6.52. The van der Waals surface area contributed by atoms with Gasteiger partial charge in [-0.2, -0.15) is 0 Å². The van der Waals surface area contributed by atoms with E-state index >= 15 is 0 Å². The summed E-state index contributed by atoms with van der Waals surface area (Å²) in [6, 6.07) is 71.8. The molecule has 7 nitrogen and oxygen atoms in total. The van der Waals surface area contributed by atoms with Gasteiger partial charge in [-0.15, -0.1) is 0 Å². The quantitative estimate of drug-likeness (QED) is 0.171. The van der Waals surface area contributed by atoms with Gasteiger partial charge in [0.25, 0.3) is 0 Å². The van der Waals surface area contributed by atoms with Crippen molar-refractivity contribution in [3.05, 3.63) is 206 Å². The van der Waals surface area contributed by atoms with Gasteiger partial charge in [0.15, 0.2) is 17.5 Å². The molecule has 68 heavy (non-hydrogen) atoms. The lowest BCUT2D eigenvalue weighted by molar-refractivity contribution is 0.668. The van der Waals surface area contributed by atoms with Gasteiger partial charge in [0.2, 0.25) is 0 Å². The second-order valence-electron chi connectivity index (χ2n) is 17.5. The molecule has 15 rings (SSSR count). The molecule has 0 atom stereocenters. The van der Waals surface area contributed by atoms with E-state index in [0.29, 0.717) is 17.5 Å². The highest BCUT2D eigenvalue weighted by molar-refractivity contribution is 6.14. The van der Waals surface area contributed by atoms with E-state index in [-0.39, 0.29) is 0 Å². The Morgan fingerprint density at radius 1 is 0.279 bits per heavy atom. The molecule has 0 aliphatic heterocycles. The summed E-state index contributed by atoms with van der Waals surface area (Å²) >= 11 is 0. The van der Waals surface area contributed by atoms with Crippen LogP contribution in [0.1, 0.15) is 0 Å². The van der Waals surface area contributed by atoms with Gasteiger partial charge >= 0.3 is 0 Å². The van der Waals surface area contributed by atoms with Crippen LogP contribution in [0.5, 0.6) is 0 Å². The summed E-state index contributed by atoms with van der Waals surface area (Å²) in [6.45, 7) is 0. The van der Waals surface area contributed by atoms with Gasteiger partial charge in [0.05, 0.1) is 16.7 Å². The lowest BCUT2D eigenvalue weighted by atomic mass is 9.98. The Morgan fingerprint density at radius 3 is 1.25 bits per heavy atom. The molecule has 0 saturated heterocycles. The summed E-state index contributed by atoms with van der Waals surface area (Å²) in [4.78, 5) is 15.8. The molecule has 0 fully saturated rings. The molecule has 0 unspecified atom stereocenters. The Kier molecular flexibility index (Phi) is 7.65. The monoisotopic (exact) mass is 870 g/mol. The molecule has 316 valence electrons. The van der Waals surface area contributed by atoms with Crippen molar-refractivity contribution in [2.45, 2.75) is 0 Å². The minimum atomic E-state index is 0.528. The molecule has 5 heterocycles. The largest absolute Gasteiger partial charge is 0.456 e. The van der Waals surface area contributed by atoms with Crippen LogP contribution >= 0.6 is 0 Å². The van der Waals surface area contributed by atoms with Crippen molar-refractivity contribution in [3.63, 3.8) is 0 Å². The first-order valence-electron chi connectivity index (χ1n) is 22.7. The number of rotatable bonds is 5. The third-order valence-electron chi connectivity index (χ3n) is 13.6. The van der Waals surface area contributed by atoms with Gasteiger partial charge in [-0.25, -0.2) is 15.0 Å². The van der Waals surface area contributed by atoms with E-state index in [0.717, 1.165) is 110 Å². The maximum Gasteiger partial charge on any atom is 0.164 e. The molecule has 0 saturated carbocycles. The third kappa shape index (κ3) is 5.56. The number of hydrogen-bond acceptors (Lipinski definition) is 6. The summed E-state index contributed by atoms with van der Waals surface area (Å²) in [5.41, 5.74) is 12.6. The zero-order chi connectivity index (χ0) is 44.5. The molecule has 0 aliphatic rings. The minimum Gasteiger partial charge on any atom is -0.456 e. The molecule has 7 heteroatoms. The molecule has 0 spiro atoms. The van der Waals surface area contributed by atoms with E-state index in [4.69, 9.17) is 28.2 Å². The molecule has 10 aromatic carbocycles. The molecule has 15 aromatic rings. The van der Waals surface area contributed by atoms with Crippen molar-refractivity contribution in [3.8, 4) is 51.0 Å². The number of hydrogen-bond donors (Lipinski definition) is 0. The summed E-state index contributed by atoms with van der Waals surface area (Å²) in [5, 5.41) is 11.1. The Bertz CT molecular complexity index is 4460. The second-order valence-corrected chi connectivity index (χ2v) is 17.5. The van der Waals surface area contributed by atoms with Gasteiger partial charge in [-0.05, 0) is 107 Å². The fraction of sp³-hybridized carbons (Fsp3) is 0. The Hall–Kier alpha value is -9.33. The molecular weight excluding hydrogens is 837 g/mol. The molecule has 0 radical (unpaired) electrons. The van der Waals surface area contributed by atoms with Crippen LogP contribution < -0.4 is 0 Å². The van der Waals surface area contributed by atoms with E-state index in [2.05, 4.69) is 150 Å². The van der Waals surface area contributed by atoms with Gasteiger partial charge in [-0.3, -0.25) is 0 Å². The number of para-hydroxylation sites is 4. The predicted octanol–water partition coefficient (Wildman–Crippen LogP) is 16.5. The average Bonchev–Trinajstić information content (AvgIpc) is 4.16. The first-order chi connectivity index (χ1) is 33.6. The van der Waals surface area contributed by atoms with E-state index < -0.39 is 0 Å². The normalized spacial score (nSPS) is 12.1. The van der Waals surface area contributed by atoms with Crippen molar-refractivity contribution < 1.29 is 13.3 Å². The van der Waals surface area contributed by atoms with E-state index in [9.17, 15) is 0 Å². The van der Waals surface area contributed by atoms with Crippen molar-refractivity contribution in [1.29, 1.82) is 0 Å². The Labute approximate surface area is 386 Å². The lowest BCUT2D eigenvalue weighted by Gasteiger charge is -2.16. The molecule has 5 aromatic heterocycles. The van der Waals surface area contributed by atoms with Gasteiger partial charge < -0.3 is 17.8 Å². The third-order valence-corrected chi connectivity index (χ3v) is 13.6. The first kappa shape index (κ1) is 36.9. The highest BCUT2D eigenvalue weighted by Crippen LogP contribution is 2.42. The lowest BCUT2D eigenvalue weighted by Crippen LogP contribution is -2.02. The van der Waals surface area contributed by atoms with Crippen LogP contribution in [0.4, 0.5) is 0 Å². The van der Waals surface area contributed by atoms with Crippen LogP contribution in [-0.4, -0.2) is 19.5 Å². The van der Waals surface area contributed by atoms with Crippen LogP contribution in [0.25, 0.3) is 149 Å². The zero-order valence-electron chi connectivity index (χ0n) is 36.1. The first-order valence-corrected chi connectivity index (χ1v) is 22.7. The minimum absolute atomic E-state index is 0.528. The smallest absolute Gasteiger partial charge is 0.164 e. The molecular formula is C61H34N4O3. The van der Waals surface area contributed by atoms with Gasteiger partial charge in [0.1, 0.15) is 33.5 Å². The van der Waals surface area contributed by atoms with Gasteiger partial charge in [-0.1, -0.05) is 115 Å². The number of furan rings is 3. The predicted molar refractivity (Wildman–Crippen MR) is 275 cm³/mol. The van der Waals surface area contributed by atoms with Gasteiger partial charge in [0, 0.05) is 65.3 Å².